The molecule has 1 aromatic rings. The zero-order chi connectivity index (χ0) is 8.89. The van der Waals surface area contributed by atoms with Crippen LogP contribution < -0.4 is 5.73 Å². The summed E-state index contributed by atoms with van der Waals surface area (Å²) in [5.74, 6) is 2.19. The first-order chi connectivity index (χ1) is 6.28. The number of hydrogen-bond acceptors (Lipinski definition) is 3. The van der Waals surface area contributed by atoms with Crippen LogP contribution >= 0.6 is 11.8 Å². The highest BCUT2D eigenvalue weighted by Gasteiger charge is 2.40. The van der Waals surface area contributed by atoms with E-state index >= 15 is 0 Å². The number of thioether (sulfide) groups is 1. The fraction of sp³-hybridized carbons (Fsp3) is 0.500. The SMILES string of the molecule is NC1(c2cnc3c(c2)CSC3)CC1. The maximum atomic E-state index is 6.12. The van der Waals surface area contributed by atoms with Crippen LogP contribution in [0.1, 0.15) is 29.7 Å². The van der Waals surface area contributed by atoms with Crippen molar-refractivity contribution < 1.29 is 0 Å². The largest absolute Gasteiger partial charge is 0.321 e. The zero-order valence-electron chi connectivity index (χ0n) is 7.42. The van der Waals surface area contributed by atoms with Gasteiger partial charge in [0.05, 0.1) is 5.69 Å². The molecule has 2 aliphatic rings. The Hall–Kier alpha value is -0.540. The second-order valence-electron chi connectivity index (χ2n) is 3.98. The number of fused-ring (bicyclic) bond motifs is 1. The van der Waals surface area contributed by atoms with E-state index in [1.54, 1.807) is 0 Å². The van der Waals surface area contributed by atoms with Gasteiger partial charge < -0.3 is 5.73 Å². The van der Waals surface area contributed by atoms with Gasteiger partial charge in [-0.05, 0) is 30.0 Å². The van der Waals surface area contributed by atoms with Crippen molar-refractivity contribution in [3.05, 3.63) is 29.1 Å². The lowest BCUT2D eigenvalue weighted by atomic mass is 10.1. The summed E-state index contributed by atoms with van der Waals surface area (Å²) in [4.78, 5) is 4.46. The molecule has 0 amide bonds. The lowest BCUT2D eigenvalue weighted by Gasteiger charge is -2.09. The Bertz CT molecular complexity index is 358. The van der Waals surface area contributed by atoms with Gasteiger partial charge in [0, 0.05) is 23.2 Å². The number of rotatable bonds is 1. The molecular formula is C10H12N2S. The van der Waals surface area contributed by atoms with Gasteiger partial charge in [0.1, 0.15) is 0 Å². The topological polar surface area (TPSA) is 38.9 Å². The molecule has 2 nitrogen and oxygen atoms in total. The van der Waals surface area contributed by atoms with Crippen LogP contribution in [0.5, 0.6) is 0 Å². The minimum absolute atomic E-state index is 0.0186. The minimum Gasteiger partial charge on any atom is -0.321 e. The Morgan fingerprint density at radius 2 is 2.23 bits per heavy atom. The number of nitrogens with two attached hydrogens (primary N) is 1. The molecular weight excluding hydrogens is 180 g/mol. The van der Waals surface area contributed by atoms with Crippen LogP contribution in [0.4, 0.5) is 0 Å². The van der Waals surface area contributed by atoms with Gasteiger partial charge in [-0.3, -0.25) is 4.98 Å². The van der Waals surface area contributed by atoms with Crippen molar-refractivity contribution in [2.75, 3.05) is 0 Å². The molecule has 0 aromatic carbocycles. The van der Waals surface area contributed by atoms with E-state index in [4.69, 9.17) is 5.73 Å². The highest BCUT2D eigenvalue weighted by Crippen LogP contribution is 2.43. The molecule has 0 radical (unpaired) electrons. The number of aromatic nitrogens is 1. The van der Waals surface area contributed by atoms with Gasteiger partial charge in [0.15, 0.2) is 0 Å². The summed E-state index contributed by atoms with van der Waals surface area (Å²) in [6.45, 7) is 0. The lowest BCUT2D eigenvalue weighted by Crippen LogP contribution is -2.19. The quantitative estimate of drug-likeness (QED) is 0.737. The van der Waals surface area contributed by atoms with Gasteiger partial charge in [-0.1, -0.05) is 0 Å². The molecule has 0 atom stereocenters. The minimum atomic E-state index is -0.0186. The molecule has 13 heavy (non-hydrogen) atoms. The molecule has 2 N–H and O–H groups in total. The van der Waals surface area contributed by atoms with Crippen LogP contribution in [-0.2, 0) is 17.0 Å². The van der Waals surface area contributed by atoms with E-state index in [0.29, 0.717) is 0 Å². The molecule has 1 fully saturated rings. The van der Waals surface area contributed by atoms with Gasteiger partial charge in [-0.15, -0.1) is 0 Å². The van der Waals surface area contributed by atoms with E-state index in [1.165, 1.54) is 16.8 Å². The maximum Gasteiger partial charge on any atom is 0.0543 e. The normalized spacial score (nSPS) is 22.8. The first kappa shape index (κ1) is 7.83. The molecule has 0 unspecified atom stereocenters. The van der Waals surface area contributed by atoms with Crippen LogP contribution in [0.3, 0.4) is 0 Å². The molecule has 1 saturated carbocycles. The molecule has 68 valence electrons. The van der Waals surface area contributed by atoms with Gasteiger partial charge in [-0.2, -0.15) is 11.8 Å². The van der Waals surface area contributed by atoms with Crippen LogP contribution in [-0.4, -0.2) is 4.98 Å². The second kappa shape index (κ2) is 2.49. The van der Waals surface area contributed by atoms with Gasteiger partial charge in [-0.25, -0.2) is 0 Å². The van der Waals surface area contributed by atoms with Crippen molar-refractivity contribution in [3.8, 4) is 0 Å². The van der Waals surface area contributed by atoms with Gasteiger partial charge in [0.25, 0.3) is 0 Å². The standard InChI is InChI=1S/C10H12N2S/c11-10(1-2-10)8-3-7-5-13-6-9(7)12-4-8/h3-4H,1-2,5-6,11H2. The van der Waals surface area contributed by atoms with Crippen LogP contribution in [0.2, 0.25) is 0 Å². The molecule has 3 rings (SSSR count). The monoisotopic (exact) mass is 192 g/mol. The molecule has 0 bridgehead atoms. The van der Waals surface area contributed by atoms with E-state index in [0.717, 1.165) is 24.3 Å². The van der Waals surface area contributed by atoms with Crippen molar-refractivity contribution in [2.45, 2.75) is 29.9 Å². The summed E-state index contributed by atoms with van der Waals surface area (Å²) in [5, 5.41) is 0. The van der Waals surface area contributed by atoms with E-state index in [1.807, 2.05) is 18.0 Å². The lowest BCUT2D eigenvalue weighted by molar-refractivity contribution is 0.732. The van der Waals surface area contributed by atoms with Gasteiger partial charge in [0.2, 0.25) is 0 Å². The predicted molar refractivity (Wildman–Crippen MR) is 54.3 cm³/mol. The summed E-state index contributed by atoms with van der Waals surface area (Å²) < 4.78 is 0. The van der Waals surface area contributed by atoms with Crippen molar-refractivity contribution in [1.82, 2.24) is 4.98 Å². The summed E-state index contributed by atoms with van der Waals surface area (Å²) in [6, 6.07) is 2.26. The number of pyridine rings is 1. The van der Waals surface area contributed by atoms with E-state index in [-0.39, 0.29) is 5.54 Å². The average Bonchev–Trinajstić information content (AvgIpc) is 2.74. The smallest absolute Gasteiger partial charge is 0.0543 e. The number of hydrogen-bond donors (Lipinski definition) is 1. The van der Waals surface area contributed by atoms with Crippen molar-refractivity contribution in [1.29, 1.82) is 0 Å². The Balaban J connectivity index is 2.05. The first-order valence-corrected chi connectivity index (χ1v) is 5.78. The summed E-state index contributed by atoms with van der Waals surface area (Å²) in [7, 11) is 0. The van der Waals surface area contributed by atoms with E-state index < -0.39 is 0 Å². The molecule has 0 saturated heterocycles. The summed E-state index contributed by atoms with van der Waals surface area (Å²) >= 11 is 1.94. The first-order valence-electron chi connectivity index (χ1n) is 4.63. The predicted octanol–water partition coefficient (Wildman–Crippen LogP) is 1.78. The average molecular weight is 192 g/mol. The molecule has 3 heteroatoms. The van der Waals surface area contributed by atoms with E-state index in [9.17, 15) is 0 Å². The van der Waals surface area contributed by atoms with Crippen LogP contribution in [0.25, 0.3) is 0 Å². The fourth-order valence-electron chi connectivity index (χ4n) is 1.75. The van der Waals surface area contributed by atoms with Gasteiger partial charge >= 0.3 is 0 Å². The van der Waals surface area contributed by atoms with Crippen LogP contribution in [0.15, 0.2) is 12.3 Å². The number of nitrogens with zero attached hydrogens (tertiary/aromatic N) is 1. The molecule has 1 aromatic heterocycles. The third-order valence-electron chi connectivity index (χ3n) is 2.92. The highest BCUT2D eigenvalue weighted by atomic mass is 32.2. The van der Waals surface area contributed by atoms with Crippen LogP contribution in [0, 0.1) is 0 Å². The Morgan fingerprint density at radius 3 is 3.00 bits per heavy atom. The van der Waals surface area contributed by atoms with E-state index in [2.05, 4.69) is 11.1 Å². The van der Waals surface area contributed by atoms with Crippen molar-refractivity contribution in [2.24, 2.45) is 5.73 Å². The van der Waals surface area contributed by atoms with Crippen molar-refractivity contribution >= 4 is 11.8 Å². The molecule has 0 spiro atoms. The Morgan fingerprint density at radius 1 is 1.38 bits per heavy atom. The Kier molecular flexibility index (Phi) is 1.50. The molecule has 1 aliphatic carbocycles. The third-order valence-corrected chi connectivity index (χ3v) is 3.91. The maximum absolute atomic E-state index is 6.12. The molecule has 1 aliphatic heterocycles. The summed E-state index contributed by atoms with van der Waals surface area (Å²) in [5.41, 5.74) is 10.0. The second-order valence-corrected chi connectivity index (χ2v) is 4.96. The molecule has 2 heterocycles. The highest BCUT2D eigenvalue weighted by molar-refractivity contribution is 7.98. The summed E-state index contributed by atoms with van der Waals surface area (Å²) in [6.07, 6.45) is 4.22. The Labute approximate surface area is 81.9 Å². The fourth-order valence-corrected chi connectivity index (χ4v) is 2.77. The van der Waals surface area contributed by atoms with Crippen molar-refractivity contribution in [3.63, 3.8) is 0 Å². The third kappa shape index (κ3) is 1.18. The zero-order valence-corrected chi connectivity index (χ0v) is 8.23.